The molecule has 3 aliphatic rings. The van der Waals surface area contributed by atoms with Crippen LogP contribution in [0.1, 0.15) is 39.1 Å². The summed E-state index contributed by atoms with van der Waals surface area (Å²) in [4.78, 5) is 77.5. The number of anilines is 2. The van der Waals surface area contributed by atoms with Crippen molar-refractivity contribution < 1.29 is 33.4 Å². The maximum absolute atomic E-state index is 13.3. The molecule has 306 valence electrons. The van der Waals surface area contributed by atoms with Gasteiger partial charge >= 0.3 is 0 Å². The van der Waals surface area contributed by atoms with Crippen LogP contribution >= 0.6 is 0 Å². The van der Waals surface area contributed by atoms with E-state index >= 15 is 0 Å². The molecular formula is C42H50N8O8. The number of methoxy groups -OCH3 is 2. The number of rotatable bonds is 14. The van der Waals surface area contributed by atoms with Crippen LogP contribution < -0.4 is 30.1 Å². The first-order chi connectivity index (χ1) is 27.9. The van der Waals surface area contributed by atoms with E-state index < -0.39 is 29.7 Å². The third kappa shape index (κ3) is 7.99. The number of hydrogen-bond acceptors (Lipinski definition) is 13. The second-order valence-electron chi connectivity index (χ2n) is 15.2. The van der Waals surface area contributed by atoms with Crippen LogP contribution in [0.15, 0.2) is 53.6 Å². The Hall–Kier alpha value is -5.84. The second-order valence-corrected chi connectivity index (χ2v) is 15.2. The van der Waals surface area contributed by atoms with Gasteiger partial charge in [-0.25, -0.2) is 4.98 Å². The Bertz CT molecular complexity index is 2290. The minimum Gasteiger partial charge on any atom is -0.496 e. The number of nitrogens with one attached hydrogen (secondary N) is 1. The molecule has 4 amide bonds. The van der Waals surface area contributed by atoms with E-state index in [2.05, 4.69) is 25.0 Å². The summed E-state index contributed by atoms with van der Waals surface area (Å²) in [5.74, 6) is 0.0860. The van der Waals surface area contributed by atoms with Crippen molar-refractivity contribution in [1.82, 2.24) is 29.6 Å². The first kappa shape index (κ1) is 40.4. The lowest BCUT2D eigenvalue weighted by Crippen LogP contribution is -2.54. The van der Waals surface area contributed by atoms with Crippen molar-refractivity contribution in [3.05, 3.63) is 75.8 Å². The van der Waals surface area contributed by atoms with Gasteiger partial charge in [-0.3, -0.25) is 44.0 Å². The van der Waals surface area contributed by atoms with Crippen LogP contribution in [-0.4, -0.2) is 142 Å². The number of ether oxygens (including phenoxy) is 3. The first-order valence-corrected chi connectivity index (χ1v) is 19.4. The molecule has 4 aromatic rings. The highest BCUT2D eigenvalue weighted by Crippen LogP contribution is 2.38. The standard InChI is InChI=1S/C42H50N8O8/c1-45(2)37-22-29-31(23-43-37)40(53)47(4)25-32(29)26-19-35(56-5)33(36(20-26)57-6)24-46(3)15-17-58-18-16-48-11-13-49(14-12-48)27-7-8-28-30(21-27)42(55)50(41(28)54)34-9-10-38(51)44-39(34)52/h7-8,19-23,25,34H,9-18,24H2,1-6H3,(H,44,51,52). The molecule has 0 spiro atoms. The van der Waals surface area contributed by atoms with Gasteiger partial charge in [0.2, 0.25) is 11.8 Å². The number of benzene rings is 2. The van der Waals surface area contributed by atoms with Crippen LogP contribution in [0.5, 0.6) is 11.5 Å². The number of carbonyl (C=O) groups is 4. The summed E-state index contributed by atoms with van der Waals surface area (Å²) in [7, 11) is 10.9. The van der Waals surface area contributed by atoms with Crippen LogP contribution in [-0.2, 0) is 27.9 Å². The molecule has 16 nitrogen and oxygen atoms in total. The number of nitrogens with zero attached hydrogens (tertiary/aromatic N) is 7. The normalized spacial score (nSPS) is 17.3. The smallest absolute Gasteiger partial charge is 0.262 e. The van der Waals surface area contributed by atoms with Gasteiger partial charge in [0.15, 0.2) is 0 Å². The van der Waals surface area contributed by atoms with E-state index in [0.717, 1.165) is 71.2 Å². The zero-order valence-electron chi connectivity index (χ0n) is 33.9. The minimum atomic E-state index is -0.984. The summed E-state index contributed by atoms with van der Waals surface area (Å²) in [5.41, 5.74) is 3.93. The molecular weight excluding hydrogens is 745 g/mol. The highest BCUT2D eigenvalue weighted by molar-refractivity contribution is 6.23. The number of amides is 4. The van der Waals surface area contributed by atoms with Crippen molar-refractivity contribution in [3.63, 3.8) is 0 Å². The van der Waals surface area contributed by atoms with E-state index in [4.69, 9.17) is 14.2 Å². The lowest BCUT2D eigenvalue weighted by Gasteiger charge is -2.36. The third-order valence-corrected chi connectivity index (χ3v) is 11.2. The van der Waals surface area contributed by atoms with Gasteiger partial charge in [0, 0.05) is 102 Å². The topological polar surface area (TPSA) is 159 Å². The van der Waals surface area contributed by atoms with Crippen LogP contribution in [0.4, 0.5) is 11.5 Å². The van der Waals surface area contributed by atoms with Crippen LogP contribution in [0.2, 0.25) is 0 Å². The third-order valence-electron chi connectivity index (χ3n) is 11.2. The Kier molecular flexibility index (Phi) is 11.8. The average molecular weight is 795 g/mol. The number of aromatic nitrogens is 2. The number of piperidine rings is 1. The van der Waals surface area contributed by atoms with E-state index in [0.29, 0.717) is 43.2 Å². The number of piperazine rings is 1. The molecule has 1 unspecified atom stereocenters. The predicted molar refractivity (Wildman–Crippen MR) is 219 cm³/mol. The highest BCUT2D eigenvalue weighted by Gasteiger charge is 2.44. The highest BCUT2D eigenvalue weighted by atomic mass is 16.5. The van der Waals surface area contributed by atoms with E-state index in [1.54, 1.807) is 44.2 Å². The summed E-state index contributed by atoms with van der Waals surface area (Å²) < 4.78 is 19.4. The lowest BCUT2D eigenvalue weighted by atomic mass is 9.98. The van der Waals surface area contributed by atoms with Crippen molar-refractivity contribution >= 4 is 45.9 Å². The number of fused-ring (bicyclic) bond motifs is 2. The van der Waals surface area contributed by atoms with Crippen molar-refractivity contribution in [1.29, 1.82) is 0 Å². The van der Waals surface area contributed by atoms with Gasteiger partial charge in [-0.05, 0) is 55.4 Å². The Morgan fingerprint density at radius 1 is 0.845 bits per heavy atom. The summed E-state index contributed by atoms with van der Waals surface area (Å²) in [5, 5.41) is 3.57. The van der Waals surface area contributed by atoms with E-state index in [1.165, 1.54) is 0 Å². The summed E-state index contributed by atoms with van der Waals surface area (Å²) >= 11 is 0. The van der Waals surface area contributed by atoms with Gasteiger partial charge in [0.25, 0.3) is 17.4 Å². The SMILES string of the molecule is COc1cc(-c2cn(C)c(=O)c3cnc(N(C)C)cc23)cc(OC)c1CN(C)CCOCCN1CCN(c2ccc3c(c2)C(=O)N(C2CCC(=O)NC2=O)C3=O)CC1. The second kappa shape index (κ2) is 16.9. The molecule has 2 aromatic carbocycles. The quantitative estimate of drug-likeness (QED) is 0.147. The summed E-state index contributed by atoms with van der Waals surface area (Å²) in [6.45, 7) is 6.28. The van der Waals surface area contributed by atoms with Crippen LogP contribution in [0.25, 0.3) is 21.9 Å². The molecule has 0 aliphatic carbocycles. The molecule has 2 saturated heterocycles. The molecule has 3 aliphatic heterocycles. The molecule has 2 aromatic heterocycles. The van der Waals surface area contributed by atoms with E-state index in [9.17, 15) is 24.0 Å². The molecule has 1 N–H and O–H groups in total. The number of likely N-dealkylation sites (N-methyl/N-ethyl adjacent to an activating group) is 1. The molecule has 0 radical (unpaired) electrons. The zero-order valence-corrected chi connectivity index (χ0v) is 33.9. The Morgan fingerprint density at radius 2 is 1.55 bits per heavy atom. The maximum Gasteiger partial charge on any atom is 0.262 e. The Morgan fingerprint density at radius 3 is 2.22 bits per heavy atom. The molecule has 1 atom stereocenters. The summed E-state index contributed by atoms with van der Waals surface area (Å²) in [6.07, 6.45) is 3.68. The van der Waals surface area contributed by atoms with Crippen molar-refractivity contribution in [2.45, 2.75) is 25.4 Å². The Balaban J connectivity index is 0.900. The lowest BCUT2D eigenvalue weighted by molar-refractivity contribution is -0.136. The predicted octanol–water partition coefficient (Wildman–Crippen LogP) is 2.36. The maximum atomic E-state index is 13.3. The Labute approximate surface area is 336 Å². The van der Waals surface area contributed by atoms with Crippen molar-refractivity contribution in [2.75, 3.05) is 97.6 Å². The fourth-order valence-corrected chi connectivity index (χ4v) is 7.87. The van der Waals surface area contributed by atoms with Crippen LogP contribution in [0.3, 0.4) is 0 Å². The number of pyridine rings is 2. The molecule has 5 heterocycles. The zero-order chi connectivity index (χ0) is 41.2. The van der Waals surface area contributed by atoms with Gasteiger partial charge in [-0.1, -0.05) is 0 Å². The molecule has 2 fully saturated rings. The number of hydrogen-bond donors (Lipinski definition) is 1. The molecule has 0 bridgehead atoms. The van der Waals surface area contributed by atoms with Gasteiger partial charge in [-0.15, -0.1) is 0 Å². The van der Waals surface area contributed by atoms with Gasteiger partial charge in [-0.2, -0.15) is 0 Å². The fourth-order valence-electron chi connectivity index (χ4n) is 7.87. The first-order valence-electron chi connectivity index (χ1n) is 19.4. The number of carbonyl (C=O) groups excluding carboxylic acids is 4. The molecule has 58 heavy (non-hydrogen) atoms. The molecule has 7 rings (SSSR count). The van der Waals surface area contributed by atoms with E-state index in [-0.39, 0.29) is 29.5 Å². The summed E-state index contributed by atoms with van der Waals surface area (Å²) in [6, 6.07) is 10.2. The van der Waals surface area contributed by atoms with Gasteiger partial charge in [0.05, 0.1) is 49.5 Å². The molecule has 16 heteroatoms. The van der Waals surface area contributed by atoms with Crippen LogP contribution in [0, 0.1) is 0 Å². The fraction of sp³-hybridized carbons (Fsp3) is 0.429. The number of imide groups is 2. The monoisotopic (exact) mass is 794 g/mol. The largest absolute Gasteiger partial charge is 0.496 e. The molecule has 0 saturated carbocycles. The number of aryl methyl sites for hydroxylation is 1. The van der Waals surface area contributed by atoms with Crippen molar-refractivity contribution in [2.24, 2.45) is 7.05 Å². The van der Waals surface area contributed by atoms with Crippen molar-refractivity contribution in [3.8, 4) is 22.6 Å². The average Bonchev–Trinajstić information content (AvgIpc) is 3.46. The minimum absolute atomic E-state index is 0.0832. The van der Waals surface area contributed by atoms with Gasteiger partial charge in [0.1, 0.15) is 23.4 Å². The van der Waals surface area contributed by atoms with Gasteiger partial charge < -0.3 is 28.6 Å². The van der Waals surface area contributed by atoms with E-state index in [1.807, 2.05) is 56.5 Å².